The van der Waals surface area contributed by atoms with Gasteiger partial charge in [0, 0.05) is 17.6 Å². The van der Waals surface area contributed by atoms with Crippen molar-refractivity contribution in [3.63, 3.8) is 0 Å². The molecule has 0 atom stereocenters. The normalized spacial score (nSPS) is 13.5. The van der Waals surface area contributed by atoms with E-state index in [4.69, 9.17) is 16.3 Å². The molecule has 0 radical (unpaired) electrons. The van der Waals surface area contributed by atoms with Crippen LogP contribution in [0.5, 0.6) is 5.75 Å². The minimum atomic E-state index is -0.356. The first-order chi connectivity index (χ1) is 12.5. The van der Waals surface area contributed by atoms with Crippen molar-refractivity contribution in [1.29, 1.82) is 0 Å². The molecule has 0 bridgehead atoms. The number of nitrogens with one attached hydrogen (secondary N) is 1. The number of benzene rings is 2. The van der Waals surface area contributed by atoms with E-state index >= 15 is 0 Å². The number of nitrogens with zero attached hydrogens (tertiary/aromatic N) is 1. The van der Waals surface area contributed by atoms with Gasteiger partial charge in [-0.1, -0.05) is 39.7 Å². The summed E-state index contributed by atoms with van der Waals surface area (Å²) in [5.41, 5.74) is 0.976. The van der Waals surface area contributed by atoms with Crippen LogP contribution in [-0.2, 0) is 4.79 Å². The SMILES string of the molecule is O=C(COc1ccc(Br)cc1Cl)Nc1ccccc1C(=O)N1CCCC1. The smallest absolute Gasteiger partial charge is 0.262 e. The highest BCUT2D eigenvalue weighted by atomic mass is 79.9. The fourth-order valence-corrected chi connectivity index (χ4v) is 3.52. The summed E-state index contributed by atoms with van der Waals surface area (Å²) >= 11 is 9.39. The molecule has 2 amide bonds. The van der Waals surface area contributed by atoms with Gasteiger partial charge >= 0.3 is 0 Å². The van der Waals surface area contributed by atoms with Gasteiger partial charge in [-0.2, -0.15) is 0 Å². The van der Waals surface area contributed by atoms with Crippen LogP contribution in [0, 0.1) is 0 Å². The highest BCUT2D eigenvalue weighted by Gasteiger charge is 2.22. The van der Waals surface area contributed by atoms with Crippen LogP contribution in [0.25, 0.3) is 0 Å². The summed E-state index contributed by atoms with van der Waals surface area (Å²) in [4.78, 5) is 26.7. The third-order valence-corrected chi connectivity index (χ3v) is 4.87. The molecule has 0 unspecified atom stereocenters. The van der Waals surface area contributed by atoms with Crippen LogP contribution in [0.3, 0.4) is 0 Å². The summed E-state index contributed by atoms with van der Waals surface area (Å²) in [7, 11) is 0. The average Bonchev–Trinajstić information content (AvgIpc) is 3.15. The molecule has 136 valence electrons. The molecule has 7 heteroatoms. The number of hydrogen-bond acceptors (Lipinski definition) is 3. The monoisotopic (exact) mass is 436 g/mol. The Bertz CT molecular complexity index is 822. The molecule has 1 heterocycles. The Morgan fingerprint density at radius 3 is 2.62 bits per heavy atom. The number of hydrogen-bond donors (Lipinski definition) is 1. The Balaban J connectivity index is 1.65. The Kier molecular flexibility index (Phi) is 6.16. The van der Waals surface area contributed by atoms with Crippen LogP contribution in [0.1, 0.15) is 23.2 Å². The zero-order valence-corrected chi connectivity index (χ0v) is 16.3. The first-order valence-corrected chi connectivity index (χ1v) is 9.47. The minimum absolute atomic E-state index is 0.0599. The maximum atomic E-state index is 12.6. The van der Waals surface area contributed by atoms with Crippen molar-refractivity contribution < 1.29 is 14.3 Å². The van der Waals surface area contributed by atoms with Crippen molar-refractivity contribution in [2.75, 3.05) is 25.0 Å². The second kappa shape index (κ2) is 8.56. The van der Waals surface area contributed by atoms with E-state index in [1.165, 1.54) is 0 Å². The summed E-state index contributed by atoms with van der Waals surface area (Å²) in [6.45, 7) is 1.31. The van der Waals surface area contributed by atoms with Gasteiger partial charge in [0.15, 0.2) is 6.61 Å². The lowest BCUT2D eigenvalue weighted by Crippen LogP contribution is -2.29. The Morgan fingerprint density at radius 1 is 1.15 bits per heavy atom. The summed E-state index contributed by atoms with van der Waals surface area (Å²) in [5, 5.41) is 3.17. The number of amides is 2. The molecule has 0 aromatic heterocycles. The highest BCUT2D eigenvalue weighted by Crippen LogP contribution is 2.27. The number of rotatable bonds is 5. The third kappa shape index (κ3) is 4.56. The first kappa shape index (κ1) is 18.7. The standard InChI is InChI=1S/C19H18BrClN2O3/c20-13-7-8-17(15(21)11-13)26-12-18(24)22-16-6-2-1-5-14(16)19(25)23-9-3-4-10-23/h1-2,5-8,11H,3-4,9-10,12H2,(H,22,24). The lowest BCUT2D eigenvalue weighted by Gasteiger charge is -2.18. The molecule has 0 spiro atoms. The summed E-state index contributed by atoms with van der Waals surface area (Å²) in [6.07, 6.45) is 2.03. The molecule has 3 rings (SSSR count). The van der Waals surface area contributed by atoms with Gasteiger partial charge in [-0.25, -0.2) is 0 Å². The van der Waals surface area contributed by atoms with E-state index in [0.29, 0.717) is 22.0 Å². The molecular weight excluding hydrogens is 420 g/mol. The number of ether oxygens (including phenoxy) is 1. The predicted molar refractivity (Wildman–Crippen MR) is 105 cm³/mol. The van der Waals surface area contributed by atoms with Crippen molar-refractivity contribution >= 4 is 45.0 Å². The van der Waals surface area contributed by atoms with Crippen molar-refractivity contribution in [2.45, 2.75) is 12.8 Å². The molecule has 1 aliphatic heterocycles. The van der Waals surface area contributed by atoms with E-state index in [-0.39, 0.29) is 18.4 Å². The van der Waals surface area contributed by atoms with Crippen LogP contribution in [0.4, 0.5) is 5.69 Å². The van der Waals surface area contributed by atoms with Crippen molar-refractivity contribution in [3.05, 3.63) is 57.5 Å². The fraction of sp³-hybridized carbons (Fsp3) is 0.263. The molecule has 26 heavy (non-hydrogen) atoms. The van der Waals surface area contributed by atoms with Crippen LogP contribution in [-0.4, -0.2) is 36.4 Å². The molecule has 2 aromatic rings. The van der Waals surface area contributed by atoms with E-state index in [1.54, 1.807) is 42.5 Å². The number of carbonyl (C=O) groups is 2. The molecule has 0 saturated carbocycles. The zero-order valence-electron chi connectivity index (χ0n) is 14.0. The lowest BCUT2D eigenvalue weighted by atomic mass is 10.1. The molecule has 1 N–H and O–H groups in total. The third-order valence-electron chi connectivity index (χ3n) is 4.08. The molecule has 1 saturated heterocycles. The summed E-state index contributed by atoms with van der Waals surface area (Å²) < 4.78 is 6.29. The Hall–Kier alpha value is -2.05. The second-order valence-corrected chi connectivity index (χ2v) is 7.28. The first-order valence-electron chi connectivity index (χ1n) is 8.30. The van der Waals surface area contributed by atoms with E-state index < -0.39 is 0 Å². The topological polar surface area (TPSA) is 58.6 Å². The van der Waals surface area contributed by atoms with Crippen LogP contribution in [0.15, 0.2) is 46.9 Å². The number of para-hydroxylation sites is 1. The van der Waals surface area contributed by atoms with Gasteiger partial charge in [-0.3, -0.25) is 9.59 Å². The lowest BCUT2D eigenvalue weighted by molar-refractivity contribution is -0.118. The van der Waals surface area contributed by atoms with Gasteiger partial charge in [-0.15, -0.1) is 0 Å². The fourth-order valence-electron chi connectivity index (χ4n) is 2.79. The van der Waals surface area contributed by atoms with E-state index in [9.17, 15) is 9.59 Å². The van der Waals surface area contributed by atoms with E-state index in [0.717, 1.165) is 30.4 Å². The van der Waals surface area contributed by atoms with Gasteiger partial charge in [-0.05, 0) is 43.2 Å². The molecule has 5 nitrogen and oxygen atoms in total. The molecule has 1 aliphatic rings. The van der Waals surface area contributed by atoms with Gasteiger partial charge < -0.3 is 15.0 Å². The van der Waals surface area contributed by atoms with Gasteiger partial charge in [0.25, 0.3) is 11.8 Å². The van der Waals surface area contributed by atoms with Gasteiger partial charge in [0.1, 0.15) is 5.75 Å². The quantitative estimate of drug-likeness (QED) is 0.756. The summed E-state index contributed by atoms with van der Waals surface area (Å²) in [5.74, 6) is 0.00683. The van der Waals surface area contributed by atoms with Gasteiger partial charge in [0.2, 0.25) is 0 Å². The van der Waals surface area contributed by atoms with Crippen molar-refractivity contribution in [3.8, 4) is 5.75 Å². The van der Waals surface area contributed by atoms with Gasteiger partial charge in [0.05, 0.1) is 16.3 Å². The van der Waals surface area contributed by atoms with Crippen molar-refractivity contribution in [1.82, 2.24) is 4.90 Å². The van der Waals surface area contributed by atoms with Crippen LogP contribution >= 0.6 is 27.5 Å². The van der Waals surface area contributed by atoms with Crippen molar-refractivity contribution in [2.24, 2.45) is 0 Å². The number of likely N-dealkylation sites (tertiary alicyclic amines) is 1. The molecule has 2 aromatic carbocycles. The van der Waals surface area contributed by atoms with Crippen LogP contribution in [0.2, 0.25) is 5.02 Å². The second-order valence-electron chi connectivity index (χ2n) is 5.96. The predicted octanol–water partition coefficient (Wildman–Crippen LogP) is 4.36. The zero-order chi connectivity index (χ0) is 18.5. The molecule has 1 fully saturated rings. The maximum absolute atomic E-state index is 12.6. The number of carbonyl (C=O) groups excluding carboxylic acids is 2. The van der Waals surface area contributed by atoms with Crippen LogP contribution < -0.4 is 10.1 Å². The Morgan fingerprint density at radius 2 is 1.88 bits per heavy atom. The molecule has 0 aliphatic carbocycles. The van der Waals surface area contributed by atoms with E-state index in [2.05, 4.69) is 21.2 Å². The maximum Gasteiger partial charge on any atom is 0.262 e. The average molecular weight is 438 g/mol. The number of halogens is 2. The largest absolute Gasteiger partial charge is 0.482 e. The minimum Gasteiger partial charge on any atom is -0.482 e. The highest BCUT2D eigenvalue weighted by molar-refractivity contribution is 9.10. The summed E-state index contributed by atoms with van der Waals surface area (Å²) in [6, 6.07) is 12.2. The molecular formula is C19H18BrClN2O3. The number of anilines is 1. The Labute approximate surface area is 165 Å². The van der Waals surface area contributed by atoms with E-state index in [1.807, 2.05) is 4.90 Å².